The Labute approximate surface area is 448 Å². The van der Waals surface area contributed by atoms with Crippen molar-refractivity contribution in [2.45, 2.75) is 235 Å². The number of aliphatic hydroxyl groups is 12. The van der Waals surface area contributed by atoms with Crippen molar-refractivity contribution >= 4 is 11.9 Å². The van der Waals surface area contributed by atoms with Crippen molar-refractivity contribution in [2.24, 2.45) is 50.7 Å². The van der Waals surface area contributed by atoms with Crippen LogP contribution in [0.2, 0.25) is 0 Å². The van der Waals surface area contributed by atoms with Crippen molar-refractivity contribution in [1.29, 1.82) is 0 Å². The zero-order valence-corrected chi connectivity index (χ0v) is 45.4. The fourth-order valence-corrected chi connectivity index (χ4v) is 16.5. The third-order valence-electron chi connectivity index (χ3n) is 21.3. The van der Waals surface area contributed by atoms with Gasteiger partial charge in [-0.15, -0.1) is 0 Å². The lowest BCUT2D eigenvalue weighted by molar-refractivity contribution is -0.381. The van der Waals surface area contributed by atoms with Crippen molar-refractivity contribution in [3.63, 3.8) is 0 Å². The molecule has 0 amide bonds. The van der Waals surface area contributed by atoms with Crippen LogP contribution in [0.3, 0.4) is 0 Å². The Morgan fingerprint density at radius 1 is 0.610 bits per heavy atom. The van der Waals surface area contributed by atoms with Gasteiger partial charge in [-0.1, -0.05) is 53.2 Å². The molecule has 0 bridgehead atoms. The second-order valence-corrected chi connectivity index (χ2v) is 25.6. The number of carbonyl (C=O) groups excluding carboxylic acids is 2. The van der Waals surface area contributed by atoms with Crippen LogP contribution in [0.25, 0.3) is 0 Å². The van der Waals surface area contributed by atoms with E-state index in [1.165, 1.54) is 6.92 Å². The van der Waals surface area contributed by atoms with Crippen LogP contribution in [-0.4, -0.2) is 222 Å². The Kier molecular flexibility index (Phi) is 16.7. The molecule has 23 nitrogen and oxygen atoms in total. The molecule has 28 atom stereocenters. The van der Waals surface area contributed by atoms with Gasteiger partial charge < -0.3 is 104 Å². The molecule has 77 heavy (non-hydrogen) atoms. The standard InChI is InChI=1S/C54H86O23/c1-23-11-16-54(48(67)77-45-39(66)36(63)34(61)28(19-55)72-45)18-17-51(6)25(43(54)53(23,8)68)9-10-31-50(5)14-13-32(49(3,4)30(50)12-15-52(31,51)7)74-46-42(71-24(2)57)40(27(59)22-70-46)75-47-41(37(64)35(62)29(20-56)73-47)76-44-38(65)33(60)26(58)21-69-44/h9,23,26-47,55-56,58-66,68H,10-22H2,1-8H3/t23-,26-,27+,28-,29-,30+,31-,32+,33+,34-,35-,36+,37+,38-,39-,40+,41-,42-,43-,44+,45+,46+,47+,50+,51-,52-,53-,54+/m1/s1. The Balaban J connectivity index is 0.955. The molecule has 4 saturated carbocycles. The van der Waals surface area contributed by atoms with Gasteiger partial charge in [0.25, 0.3) is 0 Å². The summed E-state index contributed by atoms with van der Waals surface area (Å²) in [6.45, 7) is 14.0. The molecule has 9 aliphatic rings. The molecule has 4 saturated heterocycles. The number of carbonyl (C=O) groups is 2. The monoisotopic (exact) mass is 1100 g/mol. The maximum Gasteiger partial charge on any atom is 0.315 e. The average molecular weight is 1100 g/mol. The summed E-state index contributed by atoms with van der Waals surface area (Å²) >= 11 is 0. The molecule has 0 aromatic rings. The summed E-state index contributed by atoms with van der Waals surface area (Å²) in [6.07, 6.45) is -21.6. The molecule has 23 heteroatoms. The average Bonchev–Trinajstić information content (AvgIpc) is 3.53. The van der Waals surface area contributed by atoms with Crippen LogP contribution >= 0.6 is 0 Å². The lowest BCUT2D eigenvalue weighted by Gasteiger charge is -2.72. The van der Waals surface area contributed by atoms with Crippen molar-refractivity contribution < 1.29 is 113 Å². The first-order chi connectivity index (χ1) is 36.0. The van der Waals surface area contributed by atoms with Gasteiger partial charge in [-0.3, -0.25) is 9.59 Å². The summed E-state index contributed by atoms with van der Waals surface area (Å²) in [4.78, 5) is 27.7. The minimum Gasteiger partial charge on any atom is -0.454 e. The number of hydrogen-bond acceptors (Lipinski definition) is 23. The highest BCUT2D eigenvalue weighted by Crippen LogP contribution is 2.76. The molecular formula is C54H86O23. The number of fused-ring (bicyclic) bond motifs is 7. The van der Waals surface area contributed by atoms with E-state index in [9.17, 15) is 70.9 Å². The van der Waals surface area contributed by atoms with Gasteiger partial charge in [0, 0.05) is 12.8 Å². The van der Waals surface area contributed by atoms with E-state index in [0.717, 1.165) is 24.8 Å². The summed E-state index contributed by atoms with van der Waals surface area (Å²) < 4.78 is 53.9. The van der Waals surface area contributed by atoms with Gasteiger partial charge in [0.05, 0.1) is 43.5 Å². The lowest BCUT2D eigenvalue weighted by atomic mass is 9.33. The molecule has 440 valence electrons. The van der Waals surface area contributed by atoms with Gasteiger partial charge in [0.1, 0.15) is 79.4 Å². The second kappa shape index (κ2) is 21.6. The molecule has 4 aliphatic heterocycles. The highest BCUT2D eigenvalue weighted by atomic mass is 16.8. The predicted molar refractivity (Wildman–Crippen MR) is 262 cm³/mol. The number of allylic oxidation sites excluding steroid dienone is 1. The topological polar surface area (TPSA) is 360 Å². The largest absolute Gasteiger partial charge is 0.454 e. The number of esters is 2. The highest BCUT2D eigenvalue weighted by molar-refractivity contribution is 5.79. The molecule has 0 radical (unpaired) electrons. The molecule has 8 fully saturated rings. The van der Waals surface area contributed by atoms with Crippen LogP contribution < -0.4 is 0 Å². The summed E-state index contributed by atoms with van der Waals surface area (Å²) in [5.41, 5.74) is -3.12. The molecule has 0 unspecified atom stereocenters. The number of rotatable bonds is 11. The molecule has 4 heterocycles. The summed E-state index contributed by atoms with van der Waals surface area (Å²) in [5.74, 6) is -2.05. The van der Waals surface area contributed by atoms with E-state index in [1.54, 1.807) is 6.92 Å². The second-order valence-electron chi connectivity index (χ2n) is 25.6. The molecule has 0 aromatic heterocycles. The molecule has 0 aromatic carbocycles. The fourth-order valence-electron chi connectivity index (χ4n) is 16.5. The van der Waals surface area contributed by atoms with Crippen molar-refractivity contribution in [3.05, 3.63) is 11.6 Å². The smallest absolute Gasteiger partial charge is 0.315 e. The van der Waals surface area contributed by atoms with E-state index < -0.39 is 176 Å². The first-order valence-corrected chi connectivity index (χ1v) is 27.7. The lowest BCUT2D eigenvalue weighted by Crippen LogP contribution is -2.68. The fraction of sp³-hybridized carbons (Fsp3) is 0.926. The Morgan fingerprint density at radius 2 is 1.22 bits per heavy atom. The van der Waals surface area contributed by atoms with Crippen LogP contribution in [0.5, 0.6) is 0 Å². The Hall–Kier alpha value is -2.08. The molecule has 12 N–H and O–H groups in total. The molecule has 5 aliphatic carbocycles. The third-order valence-corrected chi connectivity index (χ3v) is 21.3. The zero-order valence-electron chi connectivity index (χ0n) is 45.4. The first-order valence-electron chi connectivity index (χ1n) is 27.7. The van der Waals surface area contributed by atoms with Crippen LogP contribution in [0.4, 0.5) is 0 Å². The van der Waals surface area contributed by atoms with Gasteiger partial charge in [-0.25, -0.2) is 0 Å². The van der Waals surface area contributed by atoms with Crippen molar-refractivity contribution in [2.75, 3.05) is 26.4 Å². The molecule has 0 spiro atoms. The van der Waals surface area contributed by atoms with Gasteiger partial charge >= 0.3 is 11.9 Å². The zero-order chi connectivity index (χ0) is 56.3. The first kappa shape index (κ1) is 59.5. The normalized spacial score (nSPS) is 53.6. The maximum atomic E-state index is 14.8. The number of aliphatic hydroxyl groups excluding tert-OH is 11. The van der Waals surface area contributed by atoms with Gasteiger partial charge in [-0.2, -0.15) is 0 Å². The third kappa shape index (κ3) is 9.66. The summed E-state index contributed by atoms with van der Waals surface area (Å²) in [6, 6.07) is 0. The van der Waals surface area contributed by atoms with Crippen molar-refractivity contribution in [1.82, 2.24) is 0 Å². The van der Waals surface area contributed by atoms with Crippen LogP contribution in [0.15, 0.2) is 11.6 Å². The molecule has 9 rings (SSSR count). The number of hydrogen-bond donors (Lipinski definition) is 12. The molecular weight excluding hydrogens is 1020 g/mol. The van der Waals surface area contributed by atoms with Gasteiger partial charge in [0.15, 0.2) is 25.0 Å². The van der Waals surface area contributed by atoms with Gasteiger partial charge in [0.2, 0.25) is 6.29 Å². The van der Waals surface area contributed by atoms with E-state index in [0.29, 0.717) is 38.5 Å². The maximum absolute atomic E-state index is 14.8. The van der Waals surface area contributed by atoms with Crippen LogP contribution in [0, 0.1) is 50.7 Å². The van der Waals surface area contributed by atoms with E-state index in [4.69, 9.17) is 42.6 Å². The number of ether oxygens (including phenoxy) is 9. The minimum absolute atomic E-state index is 0.0849. The van der Waals surface area contributed by atoms with Crippen LogP contribution in [-0.2, 0) is 52.2 Å². The van der Waals surface area contributed by atoms with Crippen molar-refractivity contribution in [3.8, 4) is 0 Å². The van der Waals surface area contributed by atoms with E-state index in [2.05, 4.69) is 40.7 Å². The van der Waals surface area contributed by atoms with E-state index in [1.807, 2.05) is 6.92 Å². The Bertz CT molecular complexity index is 2160. The Morgan fingerprint density at radius 3 is 1.88 bits per heavy atom. The van der Waals surface area contributed by atoms with Gasteiger partial charge in [-0.05, 0) is 104 Å². The summed E-state index contributed by atoms with van der Waals surface area (Å²) in [5, 5.41) is 129. The minimum atomic E-state index is -1.85. The van der Waals surface area contributed by atoms with E-state index in [-0.39, 0.29) is 35.2 Å². The highest BCUT2D eigenvalue weighted by Gasteiger charge is 2.72. The predicted octanol–water partition coefficient (Wildman–Crippen LogP) is -1.22. The van der Waals surface area contributed by atoms with E-state index >= 15 is 0 Å². The quantitative estimate of drug-likeness (QED) is 0.0656. The summed E-state index contributed by atoms with van der Waals surface area (Å²) in [7, 11) is 0. The van der Waals surface area contributed by atoms with Crippen LogP contribution in [0.1, 0.15) is 113 Å². The SMILES string of the molecule is CC(=O)O[C@H]1[C@H](O[C@H]2CC[C@]3(C)[C@H]4CC=C5[C@H]6[C@](C(=O)O[C@@H]7O[C@H](CO)[C@@H](O)[C@H](O)[C@H]7O)(CC[C@@H](C)[C@@]6(C)O)CC[C@@]5(C)[C@]4(C)CC[C@H]3C2(C)C)OC[C@H](O)[C@@H]1O[C@@H]1O[C@H](CO)[C@@H](O)[C@H](O)[C@H]1O[C@@H]1OC[C@@H](O)[C@H](O)[C@H]1O.